The molecule has 0 bridgehead atoms. The normalized spacial score (nSPS) is 11.2. The van der Waals surface area contributed by atoms with Gasteiger partial charge in [-0.15, -0.1) is 10.2 Å². The Labute approximate surface area is 138 Å². The molecular weight excluding hydrogens is 306 g/mol. The number of phenolic OH excluding ortho intramolecular Hbond substituents is 1. The van der Waals surface area contributed by atoms with E-state index < -0.39 is 0 Å². The highest BCUT2D eigenvalue weighted by molar-refractivity contribution is 5.58. The second kappa shape index (κ2) is 6.04. The number of nitrogens with two attached hydrogens (primary N) is 1. The molecule has 0 unspecified atom stereocenters. The molecule has 1 aromatic heterocycles. The smallest absolute Gasteiger partial charge is 0.299 e. The van der Waals surface area contributed by atoms with E-state index in [2.05, 4.69) is 10.2 Å². The first kappa shape index (κ1) is 15.5. The first-order chi connectivity index (χ1) is 11.5. The van der Waals surface area contributed by atoms with Crippen LogP contribution in [-0.2, 0) is 7.05 Å². The molecule has 122 valence electrons. The molecule has 3 rings (SSSR count). The molecule has 0 saturated heterocycles. The van der Waals surface area contributed by atoms with E-state index in [1.54, 1.807) is 30.8 Å². The third-order valence-corrected chi connectivity index (χ3v) is 3.78. The number of nitrogen functional groups attached to an aromatic ring is 1. The number of rotatable bonds is 3. The summed E-state index contributed by atoms with van der Waals surface area (Å²) in [5, 5.41) is 17.8. The first-order valence-electron chi connectivity index (χ1n) is 7.33. The van der Waals surface area contributed by atoms with Crippen LogP contribution in [-0.4, -0.2) is 14.5 Å². The average Bonchev–Trinajstić information content (AvgIpc) is 2.78. The summed E-state index contributed by atoms with van der Waals surface area (Å²) in [6, 6.07) is 13.8. The van der Waals surface area contributed by atoms with Crippen molar-refractivity contribution in [2.45, 2.75) is 6.92 Å². The van der Waals surface area contributed by atoms with Gasteiger partial charge in [-0.2, -0.15) is 0 Å². The molecule has 2 aromatic carbocycles. The minimum Gasteiger partial charge on any atom is -0.506 e. The van der Waals surface area contributed by atoms with Crippen molar-refractivity contribution in [2.75, 3.05) is 5.73 Å². The molecule has 7 heteroatoms. The Morgan fingerprint density at radius 2 is 1.79 bits per heavy atom. The molecule has 0 saturated carbocycles. The van der Waals surface area contributed by atoms with E-state index in [1.807, 2.05) is 30.3 Å². The Balaban J connectivity index is 2.07. The number of anilines is 1. The molecule has 0 aliphatic rings. The number of hydrogen-bond donors (Lipinski definition) is 2. The van der Waals surface area contributed by atoms with Gasteiger partial charge in [-0.3, -0.25) is 9.48 Å². The Kier molecular flexibility index (Phi) is 3.91. The summed E-state index contributed by atoms with van der Waals surface area (Å²) in [6.07, 6.45) is 0. The highest BCUT2D eigenvalue weighted by Gasteiger charge is 2.15. The number of aromatic hydroxyl groups is 1. The van der Waals surface area contributed by atoms with Crippen LogP contribution >= 0.6 is 0 Å². The fourth-order valence-corrected chi connectivity index (χ4v) is 2.40. The van der Waals surface area contributed by atoms with E-state index in [4.69, 9.17) is 5.73 Å². The Bertz CT molecular complexity index is 971. The van der Waals surface area contributed by atoms with Crippen molar-refractivity contribution in [1.82, 2.24) is 9.36 Å². The van der Waals surface area contributed by atoms with Gasteiger partial charge in [0, 0.05) is 18.8 Å². The summed E-state index contributed by atoms with van der Waals surface area (Å²) in [6.45, 7) is 1.79. The lowest BCUT2D eigenvalue weighted by Gasteiger charge is -2.07. The summed E-state index contributed by atoms with van der Waals surface area (Å²) in [7, 11) is 1.78. The quantitative estimate of drug-likeness (QED) is 0.572. The monoisotopic (exact) mass is 323 g/mol. The van der Waals surface area contributed by atoms with Crippen LogP contribution in [0.4, 0.5) is 17.1 Å². The van der Waals surface area contributed by atoms with Crippen LogP contribution in [0.25, 0.3) is 5.69 Å². The molecule has 3 aromatic rings. The van der Waals surface area contributed by atoms with Crippen LogP contribution in [0.1, 0.15) is 5.69 Å². The molecule has 7 nitrogen and oxygen atoms in total. The molecule has 0 radical (unpaired) electrons. The van der Waals surface area contributed by atoms with Crippen molar-refractivity contribution in [3.63, 3.8) is 0 Å². The number of para-hydroxylation sites is 1. The predicted molar refractivity (Wildman–Crippen MR) is 92.4 cm³/mol. The summed E-state index contributed by atoms with van der Waals surface area (Å²) in [5.41, 5.74) is 7.61. The Morgan fingerprint density at radius 1 is 1.08 bits per heavy atom. The summed E-state index contributed by atoms with van der Waals surface area (Å²) in [4.78, 5) is 12.7. The first-order valence-corrected chi connectivity index (χ1v) is 7.33. The van der Waals surface area contributed by atoms with Crippen molar-refractivity contribution in [1.29, 1.82) is 0 Å². The zero-order chi connectivity index (χ0) is 17.3. The van der Waals surface area contributed by atoms with E-state index in [-0.39, 0.29) is 22.7 Å². The maximum atomic E-state index is 12.7. The largest absolute Gasteiger partial charge is 0.506 e. The lowest BCUT2D eigenvalue weighted by molar-refractivity contribution is 0.476. The molecule has 1 heterocycles. The van der Waals surface area contributed by atoms with Gasteiger partial charge in [0.25, 0.3) is 5.56 Å². The van der Waals surface area contributed by atoms with Crippen LogP contribution in [0.5, 0.6) is 5.75 Å². The lowest BCUT2D eigenvalue weighted by Crippen LogP contribution is -2.19. The van der Waals surface area contributed by atoms with Gasteiger partial charge < -0.3 is 10.8 Å². The van der Waals surface area contributed by atoms with Gasteiger partial charge in [-0.1, -0.05) is 18.2 Å². The molecule has 0 atom stereocenters. The van der Waals surface area contributed by atoms with E-state index >= 15 is 0 Å². The Hall–Kier alpha value is -3.35. The molecule has 24 heavy (non-hydrogen) atoms. The van der Waals surface area contributed by atoms with Crippen LogP contribution in [0.3, 0.4) is 0 Å². The fraction of sp³-hybridized carbons (Fsp3) is 0.118. The average molecular weight is 323 g/mol. The molecule has 0 spiro atoms. The van der Waals surface area contributed by atoms with Crippen LogP contribution < -0.4 is 11.3 Å². The topological polar surface area (TPSA) is 97.9 Å². The SMILES string of the molecule is Cc1c(N=Nc2ccc(N)cc2O)c(=O)n(-c2ccccc2)n1C. The third kappa shape index (κ3) is 2.67. The molecule has 0 amide bonds. The van der Waals surface area contributed by atoms with Gasteiger partial charge in [0.2, 0.25) is 0 Å². The van der Waals surface area contributed by atoms with Crippen LogP contribution in [0.2, 0.25) is 0 Å². The number of aromatic nitrogens is 2. The maximum Gasteiger partial charge on any atom is 0.299 e. The number of nitrogens with zero attached hydrogens (tertiary/aromatic N) is 4. The van der Waals surface area contributed by atoms with Crippen molar-refractivity contribution < 1.29 is 5.11 Å². The van der Waals surface area contributed by atoms with Crippen molar-refractivity contribution in [3.05, 3.63) is 64.6 Å². The van der Waals surface area contributed by atoms with Crippen LogP contribution in [0, 0.1) is 6.92 Å². The second-order valence-corrected chi connectivity index (χ2v) is 5.36. The summed E-state index contributed by atoms with van der Waals surface area (Å²) < 4.78 is 3.24. The molecular formula is C17H17N5O2. The fourth-order valence-electron chi connectivity index (χ4n) is 2.40. The zero-order valence-corrected chi connectivity index (χ0v) is 13.3. The zero-order valence-electron chi connectivity index (χ0n) is 13.3. The number of benzene rings is 2. The Morgan fingerprint density at radius 3 is 2.46 bits per heavy atom. The molecule has 0 aliphatic carbocycles. The third-order valence-electron chi connectivity index (χ3n) is 3.78. The standard InChI is InChI=1S/C17H17N5O2/c1-11-16(20-19-14-9-8-12(18)10-15(14)23)17(24)22(21(11)2)13-6-4-3-5-7-13/h3-10,23H,18H2,1-2H3. The number of azo groups is 1. The minimum atomic E-state index is -0.278. The summed E-state index contributed by atoms with van der Waals surface area (Å²) >= 11 is 0. The van der Waals surface area contributed by atoms with Gasteiger partial charge in [0.15, 0.2) is 5.69 Å². The maximum absolute atomic E-state index is 12.7. The molecule has 3 N–H and O–H groups in total. The highest BCUT2D eigenvalue weighted by atomic mass is 16.3. The summed E-state index contributed by atoms with van der Waals surface area (Å²) in [5.74, 6) is -0.0873. The number of hydrogen-bond acceptors (Lipinski definition) is 5. The highest BCUT2D eigenvalue weighted by Crippen LogP contribution is 2.30. The van der Waals surface area contributed by atoms with Crippen LogP contribution in [0.15, 0.2) is 63.6 Å². The number of phenols is 1. The van der Waals surface area contributed by atoms with Gasteiger partial charge in [-0.05, 0) is 31.2 Å². The van der Waals surface area contributed by atoms with Gasteiger partial charge in [0.1, 0.15) is 11.4 Å². The van der Waals surface area contributed by atoms with E-state index in [0.29, 0.717) is 11.4 Å². The van der Waals surface area contributed by atoms with Gasteiger partial charge in [-0.25, -0.2) is 4.68 Å². The molecule has 0 fully saturated rings. The van der Waals surface area contributed by atoms with Crippen molar-refractivity contribution in [3.8, 4) is 11.4 Å². The van der Waals surface area contributed by atoms with Crippen molar-refractivity contribution in [2.24, 2.45) is 17.3 Å². The molecule has 0 aliphatic heterocycles. The van der Waals surface area contributed by atoms with Crippen molar-refractivity contribution >= 4 is 17.1 Å². The van der Waals surface area contributed by atoms with E-state index in [9.17, 15) is 9.90 Å². The van der Waals surface area contributed by atoms with Gasteiger partial charge in [0.05, 0.1) is 11.4 Å². The predicted octanol–water partition coefficient (Wildman–Crippen LogP) is 3.19. The van der Waals surface area contributed by atoms with E-state index in [0.717, 1.165) is 5.69 Å². The lowest BCUT2D eigenvalue weighted by atomic mass is 10.3. The van der Waals surface area contributed by atoms with Gasteiger partial charge >= 0.3 is 0 Å². The van der Waals surface area contributed by atoms with E-state index in [1.165, 1.54) is 10.7 Å². The second-order valence-electron chi connectivity index (χ2n) is 5.36. The minimum absolute atomic E-state index is 0.0873.